The summed E-state index contributed by atoms with van der Waals surface area (Å²) in [7, 11) is 0. The van der Waals surface area contributed by atoms with E-state index in [0.29, 0.717) is 30.4 Å². The molecule has 3 fully saturated rings. The minimum Gasteiger partial charge on any atom is -0.461 e. The van der Waals surface area contributed by atoms with Gasteiger partial charge in [-0.25, -0.2) is 22.4 Å². The molecule has 4 atom stereocenters. The standard InChI is InChI=1S/C35H32F7N7O2S/c1-4-24(50)47-14-22(38)23(15-47)49(5-2)32-19-11-20(35(40,41)42)25(18-7-8-21(37)30-26(18)29(44-3)31(43)52-30)27(39)28(19)45-33(46-32)51-16-34-9-6-10-48(34)13-17(36)12-34/h4,7-8,11,17,22-23H,1,5-6,9-10,12-16,43H2,2H3. The number of aromatic nitrogens is 2. The van der Waals surface area contributed by atoms with E-state index >= 15 is 22.0 Å². The fraction of sp³-hybridized carbons (Fsp3) is 0.429. The Morgan fingerprint density at radius 2 is 2.02 bits per heavy atom. The number of ether oxygens (including phenoxy) is 1. The van der Waals surface area contributed by atoms with Crippen molar-refractivity contribution >= 4 is 54.7 Å². The Kier molecular flexibility index (Phi) is 8.97. The Balaban J connectivity index is 1.47. The molecule has 17 heteroatoms. The molecule has 5 heterocycles. The molecule has 4 aromatic rings. The number of likely N-dealkylation sites (N-methyl/N-ethyl adjacent to an activating group) is 1. The van der Waals surface area contributed by atoms with E-state index in [-0.39, 0.29) is 65.8 Å². The molecule has 0 bridgehead atoms. The maximum absolute atomic E-state index is 17.2. The highest BCUT2D eigenvalue weighted by atomic mass is 32.1. The Labute approximate surface area is 297 Å². The lowest BCUT2D eigenvalue weighted by molar-refractivity contribution is -0.137. The van der Waals surface area contributed by atoms with Crippen LogP contribution in [0.5, 0.6) is 6.01 Å². The molecule has 3 saturated heterocycles. The summed E-state index contributed by atoms with van der Waals surface area (Å²) in [5.74, 6) is -3.15. The van der Waals surface area contributed by atoms with E-state index in [0.717, 1.165) is 24.6 Å². The van der Waals surface area contributed by atoms with Gasteiger partial charge in [0.15, 0.2) is 5.82 Å². The van der Waals surface area contributed by atoms with E-state index in [1.54, 1.807) is 6.92 Å². The summed E-state index contributed by atoms with van der Waals surface area (Å²) in [4.78, 5) is 28.9. The predicted octanol–water partition coefficient (Wildman–Crippen LogP) is 7.46. The largest absolute Gasteiger partial charge is 0.461 e. The van der Waals surface area contributed by atoms with Gasteiger partial charge in [-0.1, -0.05) is 12.6 Å². The minimum absolute atomic E-state index is 0.0279. The van der Waals surface area contributed by atoms with Crippen LogP contribution in [0.1, 0.15) is 31.7 Å². The first-order valence-corrected chi connectivity index (χ1v) is 17.4. The molecule has 4 unspecified atom stereocenters. The van der Waals surface area contributed by atoms with Gasteiger partial charge >= 0.3 is 12.2 Å². The van der Waals surface area contributed by atoms with Crippen LogP contribution in [0.2, 0.25) is 0 Å². The van der Waals surface area contributed by atoms with Gasteiger partial charge < -0.3 is 20.3 Å². The lowest BCUT2D eigenvalue weighted by Gasteiger charge is -2.32. The zero-order chi connectivity index (χ0) is 37.3. The number of nitrogens with two attached hydrogens (primary N) is 1. The number of nitrogen functional groups attached to an aromatic ring is 1. The normalized spacial score (nSPS) is 23.4. The zero-order valence-corrected chi connectivity index (χ0v) is 28.6. The molecule has 0 radical (unpaired) electrons. The molecule has 2 N–H and O–H groups in total. The number of benzene rings is 2. The number of thiophene rings is 1. The number of likely N-dealkylation sites (tertiary alicyclic amines) is 1. The second kappa shape index (κ2) is 13.1. The highest BCUT2D eigenvalue weighted by Gasteiger charge is 2.50. The average Bonchev–Trinajstić information content (AvgIpc) is 3.85. The van der Waals surface area contributed by atoms with Crippen molar-refractivity contribution in [1.82, 2.24) is 19.8 Å². The lowest BCUT2D eigenvalue weighted by atomic mass is 9.93. The molecule has 0 spiro atoms. The van der Waals surface area contributed by atoms with Crippen LogP contribution >= 0.6 is 11.3 Å². The van der Waals surface area contributed by atoms with E-state index in [4.69, 9.17) is 17.0 Å². The van der Waals surface area contributed by atoms with E-state index in [1.807, 2.05) is 4.90 Å². The number of alkyl halides is 5. The molecule has 2 aromatic heterocycles. The minimum atomic E-state index is -5.20. The number of rotatable bonds is 8. The smallest absolute Gasteiger partial charge is 0.417 e. The lowest BCUT2D eigenvalue weighted by Crippen LogP contribution is -2.44. The summed E-state index contributed by atoms with van der Waals surface area (Å²) in [6.45, 7) is 12.9. The van der Waals surface area contributed by atoms with Crippen molar-refractivity contribution in [2.45, 2.75) is 56.3 Å². The summed E-state index contributed by atoms with van der Waals surface area (Å²) >= 11 is 0.650. The van der Waals surface area contributed by atoms with Gasteiger partial charge in [0.25, 0.3) is 0 Å². The second-order valence-electron chi connectivity index (χ2n) is 13.2. The molecule has 0 saturated carbocycles. The maximum atomic E-state index is 17.2. The van der Waals surface area contributed by atoms with Gasteiger partial charge in [0.2, 0.25) is 11.6 Å². The quantitative estimate of drug-likeness (QED) is 0.114. The van der Waals surface area contributed by atoms with Gasteiger partial charge in [-0.3, -0.25) is 9.69 Å². The number of amides is 1. The van der Waals surface area contributed by atoms with Gasteiger partial charge in [0.1, 0.15) is 36.1 Å². The average molecular weight is 748 g/mol. The third-order valence-electron chi connectivity index (χ3n) is 10.3. The molecule has 274 valence electrons. The Hall–Kier alpha value is -4.69. The van der Waals surface area contributed by atoms with Gasteiger partial charge in [0, 0.05) is 42.4 Å². The number of fused-ring (bicyclic) bond motifs is 3. The fourth-order valence-corrected chi connectivity index (χ4v) is 8.93. The number of carbonyl (C=O) groups is 1. The van der Waals surface area contributed by atoms with Crippen LogP contribution in [0.25, 0.3) is 37.0 Å². The van der Waals surface area contributed by atoms with Crippen LogP contribution in [0.3, 0.4) is 0 Å². The van der Waals surface area contributed by atoms with E-state index in [1.165, 1.54) is 9.80 Å². The highest BCUT2D eigenvalue weighted by molar-refractivity contribution is 7.23. The van der Waals surface area contributed by atoms with Crippen LogP contribution in [0.4, 0.5) is 47.2 Å². The van der Waals surface area contributed by atoms with Crippen molar-refractivity contribution in [2.75, 3.05) is 50.0 Å². The number of nitrogens with zero attached hydrogens (tertiary/aromatic N) is 6. The topological polar surface area (TPSA) is 92.2 Å². The number of hydrogen-bond donors (Lipinski definition) is 1. The van der Waals surface area contributed by atoms with Crippen molar-refractivity contribution in [3.05, 3.63) is 59.5 Å². The first-order valence-electron chi connectivity index (χ1n) is 16.5. The van der Waals surface area contributed by atoms with Crippen LogP contribution in [-0.2, 0) is 11.0 Å². The van der Waals surface area contributed by atoms with Gasteiger partial charge in [0.05, 0.1) is 40.0 Å². The first-order chi connectivity index (χ1) is 24.7. The third-order valence-corrected chi connectivity index (χ3v) is 11.3. The number of halogens is 7. The van der Waals surface area contributed by atoms with Gasteiger partial charge in [-0.15, -0.1) is 11.3 Å². The summed E-state index contributed by atoms with van der Waals surface area (Å²) in [5, 5.41) is -0.876. The molecule has 52 heavy (non-hydrogen) atoms. The Bertz CT molecular complexity index is 2150. The summed E-state index contributed by atoms with van der Waals surface area (Å²) in [6.07, 6.45) is -5.38. The van der Waals surface area contributed by atoms with Crippen molar-refractivity contribution in [1.29, 1.82) is 0 Å². The zero-order valence-electron chi connectivity index (χ0n) is 27.7. The van der Waals surface area contributed by atoms with Gasteiger partial charge in [-0.2, -0.15) is 23.1 Å². The van der Waals surface area contributed by atoms with E-state index < -0.39 is 81.2 Å². The monoisotopic (exact) mass is 747 g/mol. The molecule has 0 aliphatic carbocycles. The third kappa shape index (κ3) is 5.76. The Morgan fingerprint density at radius 3 is 2.71 bits per heavy atom. The highest BCUT2D eigenvalue weighted by Crippen LogP contribution is 2.51. The summed E-state index contributed by atoms with van der Waals surface area (Å²) in [5.41, 5.74) is 1.39. The van der Waals surface area contributed by atoms with Crippen molar-refractivity contribution in [3.8, 4) is 17.1 Å². The predicted molar refractivity (Wildman–Crippen MR) is 183 cm³/mol. The molecule has 3 aliphatic rings. The van der Waals surface area contributed by atoms with E-state index in [2.05, 4.69) is 21.4 Å². The van der Waals surface area contributed by atoms with Crippen LogP contribution < -0.4 is 15.4 Å². The molecule has 2 aromatic carbocycles. The van der Waals surface area contributed by atoms with Crippen LogP contribution in [0, 0.1) is 18.2 Å². The molecule has 3 aliphatic heterocycles. The molecular formula is C35H32F7N7O2S. The molecule has 7 rings (SSSR count). The van der Waals surface area contributed by atoms with Crippen LogP contribution in [-0.4, -0.2) is 88.9 Å². The Morgan fingerprint density at radius 1 is 1.25 bits per heavy atom. The molecular weight excluding hydrogens is 715 g/mol. The van der Waals surface area contributed by atoms with E-state index in [9.17, 15) is 13.6 Å². The molecule has 9 nitrogen and oxygen atoms in total. The van der Waals surface area contributed by atoms with Gasteiger partial charge in [-0.05, 0) is 50.1 Å². The molecule has 1 amide bonds. The maximum Gasteiger partial charge on any atom is 0.417 e. The fourth-order valence-electron chi connectivity index (χ4n) is 7.99. The summed E-state index contributed by atoms with van der Waals surface area (Å²) in [6, 6.07) is 0.930. The first kappa shape index (κ1) is 35.7. The summed E-state index contributed by atoms with van der Waals surface area (Å²) < 4.78 is 113. The van der Waals surface area contributed by atoms with Crippen molar-refractivity contribution in [2.24, 2.45) is 0 Å². The number of hydrogen-bond acceptors (Lipinski definition) is 8. The number of anilines is 2. The van der Waals surface area contributed by atoms with Crippen molar-refractivity contribution < 1.29 is 40.3 Å². The number of carbonyl (C=O) groups excluding carboxylic acids is 1. The SMILES string of the molecule is [C-]#[N+]c1c(N)sc2c(F)ccc(-c3c(C(F)(F)F)cc4c(N(CC)C5CN(C(=O)C=C)CC5F)nc(OCC56CCCN5CC(F)C6)nc4c3F)c12. The van der Waals surface area contributed by atoms with Crippen molar-refractivity contribution in [3.63, 3.8) is 0 Å². The second-order valence-corrected chi connectivity index (χ2v) is 14.3. The van der Waals surface area contributed by atoms with Crippen LogP contribution in [0.15, 0.2) is 30.9 Å².